The second-order valence-electron chi connectivity index (χ2n) is 4.25. The van der Waals surface area contributed by atoms with Gasteiger partial charge in [0.2, 0.25) is 0 Å². The first-order valence-corrected chi connectivity index (χ1v) is 13.2. The quantitative estimate of drug-likeness (QED) is 0.129. The molecule has 7 nitrogen and oxygen atoms in total. The van der Waals surface area contributed by atoms with Crippen LogP contribution in [0.1, 0.15) is 59.3 Å². The Morgan fingerprint density at radius 1 is 0.526 bits per heavy atom. The van der Waals surface area contributed by atoms with Crippen molar-refractivity contribution in [2.45, 2.75) is 59.3 Å². The largest absolute Gasteiger partial charge is 0.397 e. The molecule has 0 heterocycles. The van der Waals surface area contributed by atoms with Crippen LogP contribution >= 0.6 is 0 Å². The normalized spacial score (nSPS) is 6.79. The van der Waals surface area contributed by atoms with Gasteiger partial charge in [-0.05, 0) is 20.3 Å². The molecule has 38 heavy (non-hydrogen) atoms. The van der Waals surface area contributed by atoms with Crippen molar-refractivity contribution in [3.05, 3.63) is 105 Å². The van der Waals surface area contributed by atoms with E-state index in [2.05, 4.69) is 116 Å². The average Bonchev–Trinajstić information content (AvgIpc) is 3.01. The molecule has 0 rings (SSSR count). The SMILES string of the molecule is C=C.C=C.C=C.C=C.C=C.C=C.C=C.C=C.CCCCCCCCOS(=O)(=O)O.CCOCC.OCCO. The number of rotatable bonds is 11. The van der Waals surface area contributed by atoms with E-state index in [-0.39, 0.29) is 19.8 Å². The van der Waals surface area contributed by atoms with E-state index in [1.807, 2.05) is 13.8 Å². The molecule has 0 aliphatic heterocycles. The second kappa shape index (κ2) is 141. The molecule has 0 aromatic heterocycles. The number of aliphatic hydroxyl groups is 2. The molecule has 0 radical (unpaired) electrons. The molecule has 0 saturated heterocycles. The van der Waals surface area contributed by atoms with Crippen LogP contribution in [0.15, 0.2) is 105 Å². The van der Waals surface area contributed by atoms with Crippen molar-refractivity contribution in [1.82, 2.24) is 0 Å². The number of unbranched alkanes of at least 4 members (excludes halogenated alkanes) is 5. The molecule has 0 saturated carbocycles. The number of hydrogen-bond acceptors (Lipinski definition) is 6. The summed E-state index contributed by atoms with van der Waals surface area (Å²) in [6, 6.07) is 0. The summed E-state index contributed by atoms with van der Waals surface area (Å²) in [5, 5.41) is 15.2. The molecule has 0 aromatic rings. The molecule has 3 N–H and O–H groups in total. The molecule has 0 aliphatic rings. The summed E-state index contributed by atoms with van der Waals surface area (Å²) in [6.45, 7) is 55.6. The van der Waals surface area contributed by atoms with Gasteiger partial charge in [-0.15, -0.1) is 105 Å². The lowest BCUT2D eigenvalue weighted by Gasteiger charge is -2.00. The smallest absolute Gasteiger partial charge is 0.394 e. The van der Waals surface area contributed by atoms with Crippen molar-refractivity contribution >= 4 is 10.4 Å². The Kier molecular flexibility index (Phi) is 262. The van der Waals surface area contributed by atoms with Gasteiger partial charge in [0.1, 0.15) is 0 Å². The predicted molar refractivity (Wildman–Crippen MR) is 177 cm³/mol. The van der Waals surface area contributed by atoms with E-state index < -0.39 is 10.4 Å². The molecule has 0 atom stereocenters. The molecular weight excluding hydrogens is 504 g/mol. The Morgan fingerprint density at radius 3 is 0.974 bits per heavy atom. The van der Waals surface area contributed by atoms with Gasteiger partial charge in [0.25, 0.3) is 0 Å². The van der Waals surface area contributed by atoms with E-state index in [0.717, 1.165) is 26.1 Å². The Hall–Kier alpha value is -2.33. The van der Waals surface area contributed by atoms with Crippen molar-refractivity contribution in [2.24, 2.45) is 0 Å². The summed E-state index contributed by atoms with van der Waals surface area (Å²) < 4.78 is 37.4. The zero-order valence-electron chi connectivity index (χ0n) is 25.5. The van der Waals surface area contributed by atoms with Gasteiger partial charge in [0.05, 0.1) is 19.8 Å². The van der Waals surface area contributed by atoms with Crippen LogP contribution in [0.4, 0.5) is 0 Å². The van der Waals surface area contributed by atoms with Crippen molar-refractivity contribution in [3.63, 3.8) is 0 Å². The first-order chi connectivity index (χ1) is 18.4. The van der Waals surface area contributed by atoms with E-state index in [0.29, 0.717) is 6.42 Å². The third kappa shape index (κ3) is 316. The van der Waals surface area contributed by atoms with Crippen LogP contribution in [0.25, 0.3) is 0 Å². The highest BCUT2D eigenvalue weighted by molar-refractivity contribution is 7.80. The first kappa shape index (κ1) is 70.4. The minimum Gasteiger partial charge on any atom is -0.394 e. The second-order valence-corrected chi connectivity index (χ2v) is 5.34. The van der Waals surface area contributed by atoms with Crippen LogP contribution in [0.2, 0.25) is 0 Å². The van der Waals surface area contributed by atoms with E-state index >= 15 is 0 Å². The lowest BCUT2D eigenvalue weighted by atomic mass is 10.1. The lowest BCUT2D eigenvalue weighted by molar-refractivity contribution is 0.162. The van der Waals surface area contributed by atoms with E-state index in [1.54, 1.807) is 0 Å². The average molecular weight is 571 g/mol. The maximum absolute atomic E-state index is 10.1. The fourth-order valence-electron chi connectivity index (χ4n) is 1.25. The Bertz CT molecular complexity index is 351. The minimum atomic E-state index is -4.22. The molecule has 0 amide bonds. The summed E-state index contributed by atoms with van der Waals surface area (Å²) >= 11 is 0. The summed E-state index contributed by atoms with van der Waals surface area (Å²) in [6.07, 6.45) is 6.34. The van der Waals surface area contributed by atoms with Crippen LogP contribution in [0, 0.1) is 0 Å². The summed E-state index contributed by atoms with van der Waals surface area (Å²) in [5.74, 6) is 0. The fraction of sp³-hybridized carbons (Fsp3) is 0.467. The maximum Gasteiger partial charge on any atom is 0.397 e. The molecular formula is C30H66O7S. The molecule has 0 aliphatic carbocycles. The number of ether oxygens (including phenoxy) is 1. The Morgan fingerprint density at radius 2 is 0.789 bits per heavy atom. The Labute approximate surface area is 240 Å². The zero-order valence-corrected chi connectivity index (χ0v) is 26.3. The molecule has 234 valence electrons. The van der Waals surface area contributed by atoms with Crippen LogP contribution in [0.5, 0.6) is 0 Å². The maximum atomic E-state index is 10.1. The van der Waals surface area contributed by atoms with Gasteiger partial charge in [-0.1, -0.05) is 39.0 Å². The molecule has 0 aromatic carbocycles. The van der Waals surface area contributed by atoms with Crippen molar-refractivity contribution in [1.29, 1.82) is 0 Å². The highest BCUT2D eigenvalue weighted by Crippen LogP contribution is 2.05. The molecule has 0 unspecified atom stereocenters. The third-order valence-electron chi connectivity index (χ3n) is 2.24. The molecule has 0 bridgehead atoms. The van der Waals surface area contributed by atoms with Gasteiger partial charge in [0.15, 0.2) is 0 Å². The van der Waals surface area contributed by atoms with Crippen LogP contribution in [-0.2, 0) is 19.3 Å². The lowest BCUT2D eigenvalue weighted by Crippen LogP contribution is -2.04. The Balaban J connectivity index is -0.0000000274. The first-order valence-electron chi connectivity index (χ1n) is 11.8. The third-order valence-corrected chi connectivity index (χ3v) is 2.70. The van der Waals surface area contributed by atoms with Crippen molar-refractivity contribution < 1.29 is 32.1 Å². The monoisotopic (exact) mass is 570 g/mol. The summed E-state index contributed by atoms with van der Waals surface area (Å²) in [7, 11) is -4.22. The topological polar surface area (TPSA) is 113 Å². The summed E-state index contributed by atoms with van der Waals surface area (Å²) in [5.41, 5.74) is 0. The van der Waals surface area contributed by atoms with Crippen LogP contribution in [-0.4, -0.2) is 56.2 Å². The van der Waals surface area contributed by atoms with Crippen molar-refractivity contribution in [2.75, 3.05) is 33.0 Å². The minimum absolute atomic E-state index is 0.0883. The van der Waals surface area contributed by atoms with E-state index in [9.17, 15) is 8.42 Å². The van der Waals surface area contributed by atoms with Gasteiger partial charge in [-0.3, -0.25) is 4.55 Å². The summed E-state index contributed by atoms with van der Waals surface area (Å²) in [4.78, 5) is 0. The highest BCUT2D eigenvalue weighted by Gasteiger charge is 2.02. The van der Waals surface area contributed by atoms with Gasteiger partial charge >= 0.3 is 10.4 Å². The fourth-order valence-corrected chi connectivity index (χ4v) is 1.58. The molecule has 0 spiro atoms. The van der Waals surface area contributed by atoms with Crippen molar-refractivity contribution in [3.8, 4) is 0 Å². The van der Waals surface area contributed by atoms with Gasteiger partial charge < -0.3 is 14.9 Å². The molecule has 8 heteroatoms. The van der Waals surface area contributed by atoms with Crippen LogP contribution < -0.4 is 0 Å². The van der Waals surface area contributed by atoms with E-state index in [1.165, 1.54) is 19.3 Å². The number of hydrogen-bond donors (Lipinski definition) is 3. The van der Waals surface area contributed by atoms with Gasteiger partial charge in [-0.25, -0.2) is 4.18 Å². The highest BCUT2D eigenvalue weighted by atomic mass is 32.3. The van der Waals surface area contributed by atoms with E-state index in [4.69, 9.17) is 19.5 Å². The molecule has 0 fully saturated rings. The van der Waals surface area contributed by atoms with Gasteiger partial charge in [-0.2, -0.15) is 8.42 Å². The standard InChI is InChI=1S/C8H18O4S.C4H10O.C2H6O2.8C2H4/c1-2-3-4-5-6-7-8-12-13(9,10)11;1-3-5-4-2;3-1-2-4;8*1-2/h2-8H2,1H3,(H,9,10,11);3-4H2,1-2H3;3-4H,1-2H2;8*1-2H2. The van der Waals surface area contributed by atoms with Crippen LogP contribution in [0.3, 0.4) is 0 Å². The zero-order chi connectivity index (χ0) is 33.7. The van der Waals surface area contributed by atoms with Gasteiger partial charge in [0, 0.05) is 13.2 Å². The predicted octanol–water partition coefficient (Wildman–Crippen LogP) is 8.60. The number of aliphatic hydroxyl groups excluding tert-OH is 2.